The van der Waals surface area contributed by atoms with E-state index in [4.69, 9.17) is 14.6 Å². The molecule has 0 atom stereocenters. The summed E-state index contributed by atoms with van der Waals surface area (Å²) in [4.78, 5) is -0.221. The smallest absolute Gasteiger partial charge is 0.283 e. The van der Waals surface area contributed by atoms with Crippen LogP contribution < -0.4 is 14.6 Å². The molecule has 0 saturated heterocycles. The number of alkyl halides is 2. The van der Waals surface area contributed by atoms with Gasteiger partial charge in [0.1, 0.15) is 0 Å². The van der Waals surface area contributed by atoms with Crippen molar-refractivity contribution >= 4 is 31.4 Å². The number of ether oxygens (including phenoxy) is 2. The number of sulfonamides is 1. The van der Waals surface area contributed by atoms with Gasteiger partial charge in [0.25, 0.3) is 5.92 Å². The van der Waals surface area contributed by atoms with Gasteiger partial charge in [0.05, 0.1) is 24.8 Å². The highest BCUT2D eigenvalue weighted by Gasteiger charge is 2.34. The number of halogens is 2. The first-order chi connectivity index (χ1) is 10.2. The number of benzene rings is 1. The lowest BCUT2D eigenvalue weighted by atomic mass is 10.2. The quantitative estimate of drug-likeness (QED) is 0.868. The fourth-order valence-electron chi connectivity index (χ4n) is 1.94. The molecule has 2 N–H and O–H groups in total. The van der Waals surface area contributed by atoms with Crippen molar-refractivity contribution in [3.63, 3.8) is 0 Å². The number of methoxy groups -OCH3 is 2. The van der Waals surface area contributed by atoms with Crippen LogP contribution in [0.15, 0.2) is 18.2 Å². The standard InChI is InChI=1S/C13H15F2NO4S2/c1-19-9-5-8-6-12(21-11(8)7-10(9)20-2)13(14,15)3-4-22(16,17)18/h5-7H,3-4H2,1-2H3,(H2,16,17,18). The minimum absolute atomic E-state index is 0.221. The van der Waals surface area contributed by atoms with Crippen LogP contribution in [0.25, 0.3) is 10.1 Å². The average Bonchev–Trinajstić information content (AvgIpc) is 2.86. The highest BCUT2D eigenvalue weighted by molar-refractivity contribution is 7.89. The monoisotopic (exact) mass is 351 g/mol. The van der Waals surface area contributed by atoms with E-state index < -0.39 is 28.1 Å². The number of hydrogen-bond acceptors (Lipinski definition) is 5. The Labute approximate surface area is 130 Å². The highest BCUT2D eigenvalue weighted by atomic mass is 32.2. The Hall–Kier alpha value is -1.45. The van der Waals surface area contributed by atoms with Gasteiger partial charge in [0.15, 0.2) is 11.5 Å². The van der Waals surface area contributed by atoms with Gasteiger partial charge in [-0.05, 0) is 17.5 Å². The van der Waals surface area contributed by atoms with E-state index >= 15 is 0 Å². The Kier molecular flexibility index (Phi) is 4.59. The first-order valence-electron chi connectivity index (χ1n) is 6.20. The van der Waals surface area contributed by atoms with Crippen molar-refractivity contribution in [3.8, 4) is 11.5 Å². The van der Waals surface area contributed by atoms with Crippen molar-refractivity contribution in [2.45, 2.75) is 12.3 Å². The molecular weight excluding hydrogens is 336 g/mol. The zero-order valence-electron chi connectivity index (χ0n) is 11.9. The summed E-state index contributed by atoms with van der Waals surface area (Å²) in [5, 5.41) is 5.36. The maximum absolute atomic E-state index is 14.1. The third kappa shape index (κ3) is 3.65. The van der Waals surface area contributed by atoms with E-state index in [-0.39, 0.29) is 4.88 Å². The summed E-state index contributed by atoms with van der Waals surface area (Å²) in [5.41, 5.74) is 0. The molecule has 0 spiro atoms. The Morgan fingerprint density at radius 3 is 2.32 bits per heavy atom. The van der Waals surface area contributed by atoms with E-state index in [2.05, 4.69) is 0 Å². The van der Waals surface area contributed by atoms with Gasteiger partial charge < -0.3 is 9.47 Å². The minimum Gasteiger partial charge on any atom is -0.493 e. The highest BCUT2D eigenvalue weighted by Crippen LogP contribution is 2.42. The van der Waals surface area contributed by atoms with Crippen LogP contribution in [-0.2, 0) is 15.9 Å². The number of hydrogen-bond donors (Lipinski definition) is 1. The van der Waals surface area contributed by atoms with Gasteiger partial charge in [-0.2, -0.15) is 0 Å². The molecule has 9 heteroatoms. The zero-order chi connectivity index (χ0) is 16.5. The minimum atomic E-state index is -3.93. The van der Waals surface area contributed by atoms with E-state index in [1.807, 2.05) is 0 Å². The van der Waals surface area contributed by atoms with Gasteiger partial charge in [-0.1, -0.05) is 0 Å². The van der Waals surface area contributed by atoms with Gasteiger partial charge in [0, 0.05) is 17.2 Å². The largest absolute Gasteiger partial charge is 0.493 e. The molecule has 5 nitrogen and oxygen atoms in total. The van der Waals surface area contributed by atoms with E-state index in [0.717, 1.165) is 11.3 Å². The molecule has 0 bridgehead atoms. The maximum atomic E-state index is 14.1. The van der Waals surface area contributed by atoms with Gasteiger partial charge in [0.2, 0.25) is 10.0 Å². The second-order valence-electron chi connectivity index (χ2n) is 4.68. The van der Waals surface area contributed by atoms with Crippen LogP contribution in [0.5, 0.6) is 11.5 Å². The molecule has 0 aliphatic heterocycles. The van der Waals surface area contributed by atoms with Crippen molar-refractivity contribution in [2.75, 3.05) is 20.0 Å². The van der Waals surface area contributed by atoms with Crippen LogP contribution in [0, 0.1) is 0 Å². The van der Waals surface area contributed by atoms with E-state index in [9.17, 15) is 17.2 Å². The molecule has 2 aromatic rings. The molecular formula is C13H15F2NO4S2. The van der Waals surface area contributed by atoms with E-state index in [0.29, 0.717) is 21.6 Å². The van der Waals surface area contributed by atoms with Crippen LogP contribution >= 0.6 is 11.3 Å². The molecule has 122 valence electrons. The third-order valence-electron chi connectivity index (χ3n) is 3.08. The molecule has 0 aliphatic rings. The summed E-state index contributed by atoms with van der Waals surface area (Å²) in [7, 11) is -1.02. The van der Waals surface area contributed by atoms with Crippen molar-refractivity contribution in [1.82, 2.24) is 0 Å². The Balaban J connectivity index is 2.39. The zero-order valence-corrected chi connectivity index (χ0v) is 13.6. The molecule has 0 saturated carbocycles. The predicted octanol–water partition coefficient (Wildman–Crippen LogP) is 2.69. The lowest BCUT2D eigenvalue weighted by Gasteiger charge is -2.13. The summed E-state index contributed by atoms with van der Waals surface area (Å²) >= 11 is 0.882. The van der Waals surface area contributed by atoms with E-state index in [1.54, 1.807) is 12.1 Å². The molecule has 1 aromatic carbocycles. The summed E-state index contributed by atoms with van der Waals surface area (Å²) in [6, 6.07) is 4.53. The number of primary sulfonamides is 1. The Bertz CT molecular complexity index is 746. The first-order valence-corrected chi connectivity index (χ1v) is 8.74. The Morgan fingerprint density at radius 1 is 1.18 bits per heavy atom. The van der Waals surface area contributed by atoms with Crippen LogP contribution in [0.4, 0.5) is 8.78 Å². The molecule has 2 rings (SSSR count). The number of rotatable bonds is 6. The predicted molar refractivity (Wildman–Crippen MR) is 81.4 cm³/mol. The summed E-state index contributed by atoms with van der Waals surface area (Å²) in [6.07, 6.45) is -0.854. The average molecular weight is 351 g/mol. The van der Waals surface area contributed by atoms with Crippen LogP contribution in [-0.4, -0.2) is 28.4 Å². The van der Waals surface area contributed by atoms with Gasteiger partial charge >= 0.3 is 0 Å². The molecule has 0 fully saturated rings. The van der Waals surface area contributed by atoms with Crippen molar-refractivity contribution in [2.24, 2.45) is 5.14 Å². The molecule has 0 radical (unpaired) electrons. The van der Waals surface area contributed by atoms with Crippen molar-refractivity contribution in [1.29, 1.82) is 0 Å². The molecule has 1 heterocycles. The van der Waals surface area contributed by atoms with E-state index in [1.165, 1.54) is 20.3 Å². The third-order valence-corrected chi connectivity index (χ3v) is 5.07. The van der Waals surface area contributed by atoms with Crippen molar-refractivity contribution in [3.05, 3.63) is 23.1 Å². The number of nitrogens with two attached hydrogens (primary N) is 1. The van der Waals surface area contributed by atoms with Crippen LogP contribution in [0.2, 0.25) is 0 Å². The summed E-state index contributed by atoms with van der Waals surface area (Å²) < 4.78 is 60.8. The second kappa shape index (κ2) is 5.98. The lowest BCUT2D eigenvalue weighted by molar-refractivity contribution is -0.00350. The SMILES string of the molecule is COc1cc2cc(C(F)(F)CCS(N)(=O)=O)sc2cc1OC. The number of thiophene rings is 1. The first kappa shape index (κ1) is 16.9. The van der Waals surface area contributed by atoms with Gasteiger partial charge in [-0.15, -0.1) is 11.3 Å². The molecule has 0 unspecified atom stereocenters. The number of fused-ring (bicyclic) bond motifs is 1. The Morgan fingerprint density at radius 2 is 1.77 bits per heavy atom. The second-order valence-corrected chi connectivity index (χ2v) is 7.49. The van der Waals surface area contributed by atoms with Gasteiger partial charge in [-0.3, -0.25) is 0 Å². The molecule has 0 aliphatic carbocycles. The molecule has 22 heavy (non-hydrogen) atoms. The van der Waals surface area contributed by atoms with Crippen LogP contribution in [0.1, 0.15) is 11.3 Å². The fourth-order valence-corrected chi connectivity index (χ4v) is 3.56. The summed E-state index contributed by atoms with van der Waals surface area (Å²) in [5.74, 6) is -3.17. The van der Waals surface area contributed by atoms with Crippen molar-refractivity contribution < 1.29 is 26.7 Å². The molecule has 0 amide bonds. The summed E-state index contributed by atoms with van der Waals surface area (Å²) in [6.45, 7) is 0. The van der Waals surface area contributed by atoms with Gasteiger partial charge in [-0.25, -0.2) is 22.3 Å². The van der Waals surface area contributed by atoms with Crippen LogP contribution in [0.3, 0.4) is 0 Å². The maximum Gasteiger partial charge on any atom is 0.283 e. The fraction of sp³-hybridized carbons (Fsp3) is 0.385. The normalized spacial score (nSPS) is 12.6. The molecule has 1 aromatic heterocycles. The topological polar surface area (TPSA) is 78.6 Å². The lowest BCUT2D eigenvalue weighted by Crippen LogP contribution is -2.23.